The summed E-state index contributed by atoms with van der Waals surface area (Å²) in [6, 6.07) is 15.7. The van der Waals surface area contributed by atoms with Crippen molar-refractivity contribution in [2.75, 3.05) is 0 Å². The van der Waals surface area contributed by atoms with E-state index in [4.69, 9.17) is 4.74 Å². The van der Waals surface area contributed by atoms with Crippen molar-refractivity contribution in [3.05, 3.63) is 70.8 Å². The fraction of sp³-hybridized carbons (Fsp3) is 0.462. The van der Waals surface area contributed by atoms with Crippen molar-refractivity contribution in [2.24, 2.45) is 5.92 Å². The molecule has 0 saturated heterocycles. The van der Waals surface area contributed by atoms with Crippen LogP contribution in [0.25, 0.3) is 0 Å². The van der Waals surface area contributed by atoms with E-state index in [0.717, 1.165) is 22.3 Å². The molecule has 2 aromatic rings. The molecule has 0 saturated carbocycles. The predicted molar refractivity (Wildman–Crippen MR) is 122 cm³/mol. The molecule has 0 bridgehead atoms. The standard InChI is InChI=1S/C26H34N2O3/c1-18(2)12-25(29)28-16-23-11-6-5-10-22(23)14-24(28)26(30)27-15-20-8-7-9-21(13-20)17-31-19(3)4/h5-11,13,18-19,24H,12,14-17H2,1-4H3,(H,27,30). The minimum absolute atomic E-state index is 0.0393. The maximum absolute atomic E-state index is 13.2. The van der Waals surface area contributed by atoms with E-state index < -0.39 is 6.04 Å². The quantitative estimate of drug-likeness (QED) is 0.693. The summed E-state index contributed by atoms with van der Waals surface area (Å²) in [5, 5.41) is 3.06. The number of hydrogen-bond acceptors (Lipinski definition) is 3. The van der Waals surface area contributed by atoms with Crippen molar-refractivity contribution >= 4 is 11.8 Å². The summed E-state index contributed by atoms with van der Waals surface area (Å²) in [7, 11) is 0. The lowest BCUT2D eigenvalue weighted by Crippen LogP contribution is -2.52. The molecule has 0 spiro atoms. The van der Waals surface area contributed by atoms with Gasteiger partial charge in [-0.3, -0.25) is 9.59 Å². The highest BCUT2D eigenvalue weighted by molar-refractivity contribution is 5.88. The van der Waals surface area contributed by atoms with Crippen LogP contribution in [0.2, 0.25) is 0 Å². The molecule has 31 heavy (non-hydrogen) atoms. The van der Waals surface area contributed by atoms with E-state index in [0.29, 0.717) is 32.5 Å². The number of ether oxygens (including phenoxy) is 1. The minimum Gasteiger partial charge on any atom is -0.374 e. The van der Waals surface area contributed by atoms with Gasteiger partial charge in [0.05, 0.1) is 12.7 Å². The van der Waals surface area contributed by atoms with Gasteiger partial charge in [0.25, 0.3) is 0 Å². The molecule has 0 radical (unpaired) electrons. The number of amides is 2. The lowest BCUT2D eigenvalue weighted by molar-refractivity contribution is -0.142. The zero-order chi connectivity index (χ0) is 22.4. The Bertz CT molecular complexity index is 907. The van der Waals surface area contributed by atoms with Gasteiger partial charge in [-0.05, 0) is 42.0 Å². The van der Waals surface area contributed by atoms with E-state index in [-0.39, 0.29) is 23.8 Å². The molecule has 0 aliphatic carbocycles. The van der Waals surface area contributed by atoms with Gasteiger partial charge in [0.1, 0.15) is 6.04 Å². The summed E-state index contributed by atoms with van der Waals surface area (Å²) >= 11 is 0. The molecule has 2 aromatic carbocycles. The van der Waals surface area contributed by atoms with Crippen LogP contribution in [0.4, 0.5) is 0 Å². The van der Waals surface area contributed by atoms with Gasteiger partial charge in [0.15, 0.2) is 0 Å². The first kappa shape index (κ1) is 23.0. The average molecular weight is 423 g/mol. The van der Waals surface area contributed by atoms with Gasteiger partial charge in [-0.1, -0.05) is 62.4 Å². The van der Waals surface area contributed by atoms with E-state index in [1.165, 1.54) is 0 Å². The summed E-state index contributed by atoms with van der Waals surface area (Å²) in [5.74, 6) is 0.192. The number of rotatable bonds is 8. The van der Waals surface area contributed by atoms with Gasteiger partial charge >= 0.3 is 0 Å². The normalized spacial score (nSPS) is 15.8. The minimum atomic E-state index is -0.478. The van der Waals surface area contributed by atoms with Crippen molar-refractivity contribution in [3.63, 3.8) is 0 Å². The monoisotopic (exact) mass is 422 g/mol. The van der Waals surface area contributed by atoms with Crippen molar-refractivity contribution in [3.8, 4) is 0 Å². The highest BCUT2D eigenvalue weighted by atomic mass is 16.5. The smallest absolute Gasteiger partial charge is 0.243 e. The molecule has 166 valence electrons. The van der Waals surface area contributed by atoms with Crippen molar-refractivity contribution in [1.82, 2.24) is 10.2 Å². The third kappa shape index (κ3) is 6.41. The van der Waals surface area contributed by atoms with Crippen LogP contribution in [0.3, 0.4) is 0 Å². The van der Waals surface area contributed by atoms with Crippen LogP contribution < -0.4 is 5.32 Å². The Morgan fingerprint density at radius 3 is 2.45 bits per heavy atom. The highest BCUT2D eigenvalue weighted by Gasteiger charge is 2.34. The lowest BCUT2D eigenvalue weighted by atomic mass is 9.92. The molecule has 5 nitrogen and oxygen atoms in total. The van der Waals surface area contributed by atoms with E-state index in [1.807, 2.05) is 64.1 Å². The van der Waals surface area contributed by atoms with Gasteiger partial charge in [-0.15, -0.1) is 0 Å². The number of nitrogens with zero attached hydrogens (tertiary/aromatic N) is 1. The van der Waals surface area contributed by atoms with E-state index in [1.54, 1.807) is 4.90 Å². The molecule has 0 aromatic heterocycles. The molecular formula is C26H34N2O3. The largest absolute Gasteiger partial charge is 0.374 e. The van der Waals surface area contributed by atoms with Gasteiger partial charge < -0.3 is 15.0 Å². The maximum Gasteiger partial charge on any atom is 0.243 e. The molecule has 1 aliphatic rings. The van der Waals surface area contributed by atoms with E-state index in [9.17, 15) is 9.59 Å². The second-order valence-electron chi connectivity index (χ2n) is 9.01. The fourth-order valence-electron chi connectivity index (χ4n) is 3.89. The van der Waals surface area contributed by atoms with Crippen molar-refractivity contribution in [1.29, 1.82) is 0 Å². The summed E-state index contributed by atoms with van der Waals surface area (Å²) in [5.41, 5.74) is 4.38. The van der Waals surface area contributed by atoms with Gasteiger partial charge in [-0.25, -0.2) is 0 Å². The first-order valence-corrected chi connectivity index (χ1v) is 11.2. The zero-order valence-electron chi connectivity index (χ0n) is 19.1. The lowest BCUT2D eigenvalue weighted by Gasteiger charge is -2.36. The Hall–Kier alpha value is -2.66. The molecule has 1 atom stereocenters. The van der Waals surface area contributed by atoms with Crippen LogP contribution in [0.15, 0.2) is 48.5 Å². The van der Waals surface area contributed by atoms with Gasteiger partial charge in [-0.2, -0.15) is 0 Å². The first-order valence-electron chi connectivity index (χ1n) is 11.2. The average Bonchev–Trinajstić information content (AvgIpc) is 2.75. The maximum atomic E-state index is 13.2. The van der Waals surface area contributed by atoms with E-state index in [2.05, 4.69) is 17.4 Å². The summed E-state index contributed by atoms with van der Waals surface area (Å²) in [6.07, 6.45) is 1.17. The Morgan fingerprint density at radius 2 is 1.74 bits per heavy atom. The summed E-state index contributed by atoms with van der Waals surface area (Å²) in [6.45, 7) is 9.55. The zero-order valence-corrected chi connectivity index (χ0v) is 19.1. The number of nitrogens with one attached hydrogen (secondary N) is 1. The molecule has 5 heteroatoms. The second-order valence-corrected chi connectivity index (χ2v) is 9.01. The molecule has 1 heterocycles. The molecule has 1 unspecified atom stereocenters. The Kier molecular flexibility index (Phi) is 7.85. The van der Waals surface area contributed by atoms with Gasteiger partial charge in [0.2, 0.25) is 11.8 Å². The van der Waals surface area contributed by atoms with Gasteiger partial charge in [0, 0.05) is 25.9 Å². The molecular weight excluding hydrogens is 388 g/mol. The number of fused-ring (bicyclic) bond motifs is 1. The summed E-state index contributed by atoms with van der Waals surface area (Å²) in [4.78, 5) is 27.8. The molecule has 1 N–H and O–H groups in total. The molecule has 2 amide bonds. The van der Waals surface area contributed by atoms with E-state index >= 15 is 0 Å². The Labute approximate surface area is 185 Å². The number of carbonyl (C=O) groups excluding carboxylic acids is 2. The third-order valence-electron chi connectivity index (χ3n) is 5.50. The Balaban J connectivity index is 1.69. The van der Waals surface area contributed by atoms with Crippen molar-refractivity contribution in [2.45, 2.75) is 72.4 Å². The molecule has 0 fully saturated rings. The number of carbonyl (C=O) groups is 2. The Morgan fingerprint density at radius 1 is 1.03 bits per heavy atom. The first-order chi connectivity index (χ1) is 14.8. The number of hydrogen-bond donors (Lipinski definition) is 1. The SMILES string of the molecule is CC(C)CC(=O)N1Cc2ccccc2CC1C(=O)NCc1cccc(COC(C)C)c1. The predicted octanol–water partition coefficient (Wildman–Crippen LogP) is 4.23. The highest BCUT2D eigenvalue weighted by Crippen LogP contribution is 2.25. The van der Waals surface area contributed by atoms with Crippen molar-refractivity contribution < 1.29 is 14.3 Å². The number of benzene rings is 2. The third-order valence-corrected chi connectivity index (χ3v) is 5.50. The van der Waals surface area contributed by atoms with Crippen LogP contribution in [0, 0.1) is 5.92 Å². The topological polar surface area (TPSA) is 58.6 Å². The van der Waals surface area contributed by atoms with Crippen LogP contribution in [0.1, 0.15) is 56.4 Å². The van der Waals surface area contributed by atoms with Crippen LogP contribution in [0.5, 0.6) is 0 Å². The fourth-order valence-corrected chi connectivity index (χ4v) is 3.89. The second kappa shape index (κ2) is 10.6. The molecule has 1 aliphatic heterocycles. The molecule has 3 rings (SSSR count). The van der Waals surface area contributed by atoms with Crippen LogP contribution in [-0.2, 0) is 40.4 Å². The van der Waals surface area contributed by atoms with Crippen LogP contribution in [-0.4, -0.2) is 28.9 Å². The summed E-state index contributed by atoms with van der Waals surface area (Å²) < 4.78 is 5.68. The van der Waals surface area contributed by atoms with Crippen LogP contribution >= 0.6 is 0 Å².